The quantitative estimate of drug-likeness (QED) is 0.569. The minimum absolute atomic E-state index is 0.122. The largest absolute Gasteiger partial charge is 0.486 e. The van der Waals surface area contributed by atoms with Gasteiger partial charge in [0.25, 0.3) is 0 Å². The number of anilines is 1. The van der Waals surface area contributed by atoms with Gasteiger partial charge >= 0.3 is 0 Å². The van der Waals surface area contributed by atoms with Crippen LogP contribution in [0.1, 0.15) is 37.0 Å². The summed E-state index contributed by atoms with van der Waals surface area (Å²) >= 11 is 0. The number of nitrogens with zero attached hydrogens (tertiary/aromatic N) is 1. The van der Waals surface area contributed by atoms with Crippen LogP contribution in [-0.4, -0.2) is 56.6 Å². The summed E-state index contributed by atoms with van der Waals surface area (Å²) < 4.78 is 5.88. The van der Waals surface area contributed by atoms with Crippen LogP contribution in [0.3, 0.4) is 0 Å². The van der Waals surface area contributed by atoms with Crippen LogP contribution in [0.15, 0.2) is 18.2 Å². The third-order valence-electron chi connectivity index (χ3n) is 4.16. The zero-order valence-electron chi connectivity index (χ0n) is 14.7. The first-order valence-electron chi connectivity index (χ1n) is 8.48. The summed E-state index contributed by atoms with van der Waals surface area (Å²) in [5.41, 5.74) is 1.64. The SMILES string of the molecule is CCC1CNc2cc(C(=O)C(C)NCCCN(C)C)ccc2O1. The fraction of sp³-hybridized carbons (Fsp3) is 0.611. The van der Waals surface area contributed by atoms with Crippen LogP contribution in [0.25, 0.3) is 0 Å². The lowest BCUT2D eigenvalue weighted by Gasteiger charge is -2.27. The Morgan fingerprint density at radius 1 is 1.48 bits per heavy atom. The molecule has 0 saturated heterocycles. The summed E-state index contributed by atoms with van der Waals surface area (Å²) in [7, 11) is 4.11. The summed E-state index contributed by atoms with van der Waals surface area (Å²) in [6, 6.07) is 5.49. The van der Waals surface area contributed by atoms with E-state index < -0.39 is 0 Å². The Labute approximate surface area is 139 Å². The van der Waals surface area contributed by atoms with Gasteiger partial charge in [-0.05, 0) is 65.1 Å². The van der Waals surface area contributed by atoms with E-state index in [2.05, 4.69) is 36.6 Å². The van der Waals surface area contributed by atoms with Crippen molar-refractivity contribution < 1.29 is 9.53 Å². The predicted octanol–water partition coefficient (Wildman–Crippen LogP) is 2.38. The number of hydrogen-bond acceptors (Lipinski definition) is 5. The maximum Gasteiger partial charge on any atom is 0.179 e. The molecule has 1 aliphatic rings. The Kier molecular flexibility index (Phi) is 6.42. The van der Waals surface area contributed by atoms with Crippen LogP contribution >= 0.6 is 0 Å². The molecule has 0 aliphatic carbocycles. The minimum Gasteiger partial charge on any atom is -0.486 e. The maximum atomic E-state index is 12.5. The first kappa shape index (κ1) is 17.8. The van der Waals surface area contributed by atoms with Crippen molar-refractivity contribution in [2.75, 3.05) is 39.0 Å². The molecule has 128 valence electrons. The molecule has 5 nitrogen and oxygen atoms in total. The molecule has 23 heavy (non-hydrogen) atoms. The number of rotatable bonds is 8. The summed E-state index contributed by atoms with van der Waals surface area (Å²) in [6.07, 6.45) is 2.21. The highest BCUT2D eigenvalue weighted by Gasteiger charge is 2.21. The number of fused-ring (bicyclic) bond motifs is 1. The number of carbonyl (C=O) groups excluding carboxylic acids is 1. The molecule has 1 aliphatic heterocycles. The Hall–Kier alpha value is -1.59. The van der Waals surface area contributed by atoms with Gasteiger partial charge in [0, 0.05) is 5.56 Å². The van der Waals surface area contributed by atoms with Gasteiger partial charge in [0.1, 0.15) is 11.9 Å². The summed E-state index contributed by atoms with van der Waals surface area (Å²) in [5, 5.41) is 6.66. The monoisotopic (exact) mass is 319 g/mol. The summed E-state index contributed by atoms with van der Waals surface area (Å²) in [4.78, 5) is 14.7. The predicted molar refractivity (Wildman–Crippen MR) is 94.6 cm³/mol. The van der Waals surface area contributed by atoms with Gasteiger partial charge in [0.05, 0.1) is 18.3 Å². The number of nitrogens with one attached hydrogen (secondary N) is 2. The molecule has 0 aromatic heterocycles. The molecule has 0 spiro atoms. The molecule has 0 amide bonds. The minimum atomic E-state index is -0.178. The molecular formula is C18H29N3O2. The van der Waals surface area contributed by atoms with Crippen LogP contribution in [0.4, 0.5) is 5.69 Å². The van der Waals surface area contributed by atoms with Gasteiger partial charge in [-0.15, -0.1) is 0 Å². The van der Waals surface area contributed by atoms with Gasteiger partial charge in [-0.2, -0.15) is 0 Å². The van der Waals surface area contributed by atoms with E-state index in [1.807, 2.05) is 25.1 Å². The second-order valence-corrected chi connectivity index (χ2v) is 6.44. The van der Waals surface area contributed by atoms with E-state index in [4.69, 9.17) is 4.74 Å². The van der Waals surface area contributed by atoms with Gasteiger partial charge in [0.15, 0.2) is 5.78 Å². The second-order valence-electron chi connectivity index (χ2n) is 6.44. The third kappa shape index (κ3) is 4.94. The number of benzene rings is 1. The highest BCUT2D eigenvalue weighted by Crippen LogP contribution is 2.30. The van der Waals surface area contributed by atoms with Crippen molar-refractivity contribution in [3.63, 3.8) is 0 Å². The number of carbonyl (C=O) groups is 1. The van der Waals surface area contributed by atoms with Crippen molar-refractivity contribution in [2.24, 2.45) is 0 Å². The van der Waals surface area contributed by atoms with Crippen LogP contribution < -0.4 is 15.4 Å². The Morgan fingerprint density at radius 2 is 2.26 bits per heavy atom. The number of hydrogen-bond donors (Lipinski definition) is 2. The van der Waals surface area contributed by atoms with E-state index in [0.717, 1.165) is 49.5 Å². The van der Waals surface area contributed by atoms with Gasteiger partial charge in [-0.25, -0.2) is 0 Å². The van der Waals surface area contributed by atoms with Crippen molar-refractivity contribution in [3.05, 3.63) is 23.8 Å². The molecule has 0 bridgehead atoms. The van der Waals surface area contributed by atoms with Gasteiger partial charge < -0.3 is 20.3 Å². The summed E-state index contributed by atoms with van der Waals surface area (Å²) in [5.74, 6) is 0.961. The fourth-order valence-corrected chi connectivity index (χ4v) is 2.65. The average Bonchev–Trinajstić information content (AvgIpc) is 2.56. The van der Waals surface area contributed by atoms with Crippen molar-refractivity contribution in [3.8, 4) is 5.75 Å². The third-order valence-corrected chi connectivity index (χ3v) is 4.16. The van der Waals surface area contributed by atoms with Crippen molar-refractivity contribution in [2.45, 2.75) is 38.8 Å². The lowest BCUT2D eigenvalue weighted by atomic mass is 10.0. The van der Waals surface area contributed by atoms with E-state index in [9.17, 15) is 4.79 Å². The van der Waals surface area contributed by atoms with E-state index >= 15 is 0 Å². The molecule has 1 aromatic rings. The van der Waals surface area contributed by atoms with Crippen molar-refractivity contribution in [1.29, 1.82) is 0 Å². The Bertz CT molecular complexity index is 531. The van der Waals surface area contributed by atoms with E-state index in [1.165, 1.54) is 0 Å². The first-order valence-corrected chi connectivity index (χ1v) is 8.48. The molecule has 2 N–H and O–H groups in total. The lowest BCUT2D eigenvalue weighted by molar-refractivity contribution is 0.0950. The molecule has 1 heterocycles. The molecule has 0 fully saturated rings. The van der Waals surface area contributed by atoms with E-state index in [0.29, 0.717) is 0 Å². The number of Topliss-reactive ketones (excluding diaryl/α,β-unsaturated/α-hetero) is 1. The second kappa shape index (κ2) is 8.31. The molecular weight excluding hydrogens is 290 g/mol. The average molecular weight is 319 g/mol. The Morgan fingerprint density at radius 3 is 2.96 bits per heavy atom. The standard InChI is InChI=1S/C18H29N3O2/c1-5-15-12-20-16-11-14(7-8-17(16)23-15)18(22)13(2)19-9-6-10-21(3)4/h7-8,11,13,15,19-20H,5-6,9-10,12H2,1-4H3. The molecule has 0 radical (unpaired) electrons. The number of ether oxygens (including phenoxy) is 1. The number of ketones is 1. The van der Waals surface area contributed by atoms with Crippen LogP contribution in [0.5, 0.6) is 5.75 Å². The fourth-order valence-electron chi connectivity index (χ4n) is 2.65. The van der Waals surface area contributed by atoms with Crippen LogP contribution in [0, 0.1) is 0 Å². The normalized spacial score (nSPS) is 18.0. The zero-order chi connectivity index (χ0) is 16.8. The maximum absolute atomic E-state index is 12.5. The molecule has 2 unspecified atom stereocenters. The molecule has 5 heteroatoms. The molecule has 2 atom stereocenters. The summed E-state index contributed by atoms with van der Waals surface area (Å²) in [6.45, 7) is 6.69. The van der Waals surface area contributed by atoms with E-state index in [1.54, 1.807) is 0 Å². The highest BCUT2D eigenvalue weighted by molar-refractivity contribution is 6.01. The van der Waals surface area contributed by atoms with Crippen molar-refractivity contribution in [1.82, 2.24) is 10.2 Å². The van der Waals surface area contributed by atoms with Gasteiger partial charge in [0.2, 0.25) is 0 Å². The van der Waals surface area contributed by atoms with Gasteiger partial charge in [-0.3, -0.25) is 4.79 Å². The molecule has 1 aromatic carbocycles. The smallest absolute Gasteiger partial charge is 0.179 e. The molecule has 2 rings (SSSR count). The topological polar surface area (TPSA) is 53.6 Å². The highest BCUT2D eigenvalue weighted by atomic mass is 16.5. The van der Waals surface area contributed by atoms with E-state index in [-0.39, 0.29) is 17.9 Å². The Balaban J connectivity index is 1.92. The van der Waals surface area contributed by atoms with Crippen molar-refractivity contribution >= 4 is 11.5 Å². The first-order chi connectivity index (χ1) is 11.0. The van der Waals surface area contributed by atoms with Gasteiger partial charge in [-0.1, -0.05) is 6.92 Å². The lowest BCUT2D eigenvalue weighted by Crippen LogP contribution is -2.36. The van der Waals surface area contributed by atoms with Crippen LogP contribution in [0.2, 0.25) is 0 Å². The van der Waals surface area contributed by atoms with Crippen LogP contribution in [-0.2, 0) is 0 Å². The molecule has 0 saturated carbocycles. The zero-order valence-corrected chi connectivity index (χ0v) is 14.7.